The van der Waals surface area contributed by atoms with Gasteiger partial charge in [0.25, 0.3) is 0 Å². The third-order valence-corrected chi connectivity index (χ3v) is 3.52. The number of terminal acetylenes is 1. The zero-order valence-corrected chi connectivity index (χ0v) is 10.9. The number of likely N-dealkylation sites (tertiary alicyclic amines) is 1. The van der Waals surface area contributed by atoms with E-state index in [0.29, 0.717) is 12.6 Å². The van der Waals surface area contributed by atoms with Gasteiger partial charge < -0.3 is 10.2 Å². The summed E-state index contributed by atoms with van der Waals surface area (Å²) in [5.41, 5.74) is 0. The van der Waals surface area contributed by atoms with Crippen LogP contribution >= 0.6 is 0 Å². The molecule has 0 spiro atoms. The maximum atomic E-state index is 5.21. The van der Waals surface area contributed by atoms with Gasteiger partial charge in [-0.15, -0.1) is 6.42 Å². The molecule has 1 aliphatic heterocycles. The molecule has 3 heteroatoms. The molecular weight excluding hydrogens is 198 g/mol. The van der Waals surface area contributed by atoms with Gasteiger partial charge in [0, 0.05) is 18.6 Å². The summed E-state index contributed by atoms with van der Waals surface area (Å²) in [6.45, 7) is 6.37. The molecule has 92 valence electrons. The molecule has 3 nitrogen and oxygen atoms in total. The molecule has 0 radical (unpaired) electrons. The molecule has 0 aromatic heterocycles. The van der Waals surface area contributed by atoms with Crippen LogP contribution in [0.4, 0.5) is 0 Å². The lowest BCUT2D eigenvalue weighted by molar-refractivity contribution is 0.114. The first kappa shape index (κ1) is 13.5. The molecule has 1 saturated heterocycles. The van der Waals surface area contributed by atoms with E-state index in [9.17, 15) is 0 Å². The Balaban J connectivity index is 2.22. The van der Waals surface area contributed by atoms with E-state index in [2.05, 4.69) is 42.1 Å². The first-order chi connectivity index (χ1) is 7.65. The number of nitrogens with one attached hydrogen (secondary N) is 1. The molecule has 0 aromatic rings. The second-order valence-electron chi connectivity index (χ2n) is 4.91. The van der Waals surface area contributed by atoms with E-state index in [1.54, 1.807) is 0 Å². The van der Waals surface area contributed by atoms with E-state index in [1.165, 1.54) is 25.9 Å². The summed E-state index contributed by atoms with van der Waals surface area (Å²) in [5.74, 6) is 2.61. The van der Waals surface area contributed by atoms with Gasteiger partial charge >= 0.3 is 0 Å². The third kappa shape index (κ3) is 4.13. The molecule has 0 amide bonds. The quantitative estimate of drug-likeness (QED) is 0.545. The monoisotopic (exact) mass is 223 g/mol. The topological polar surface area (TPSA) is 18.5 Å². The van der Waals surface area contributed by atoms with Crippen molar-refractivity contribution in [1.82, 2.24) is 15.1 Å². The Morgan fingerprint density at radius 2 is 2.06 bits per heavy atom. The second-order valence-corrected chi connectivity index (χ2v) is 4.91. The Morgan fingerprint density at radius 1 is 1.44 bits per heavy atom. The normalized spacial score (nSPS) is 20.9. The van der Waals surface area contributed by atoms with Gasteiger partial charge in [-0.05, 0) is 47.0 Å². The highest BCUT2D eigenvalue weighted by Gasteiger charge is 2.23. The molecule has 0 aliphatic carbocycles. The summed E-state index contributed by atoms with van der Waals surface area (Å²) in [4.78, 5) is 4.90. The van der Waals surface area contributed by atoms with Crippen molar-refractivity contribution < 1.29 is 0 Å². The summed E-state index contributed by atoms with van der Waals surface area (Å²) >= 11 is 0. The number of nitrogens with zero attached hydrogens (tertiary/aromatic N) is 2. The van der Waals surface area contributed by atoms with Gasteiger partial charge in [0.2, 0.25) is 0 Å². The highest BCUT2D eigenvalue weighted by Crippen LogP contribution is 2.15. The molecule has 1 unspecified atom stereocenters. The fourth-order valence-corrected chi connectivity index (χ4v) is 2.33. The molecule has 0 bridgehead atoms. The van der Waals surface area contributed by atoms with Gasteiger partial charge in [-0.25, -0.2) is 0 Å². The van der Waals surface area contributed by atoms with Crippen molar-refractivity contribution in [2.45, 2.75) is 31.8 Å². The van der Waals surface area contributed by atoms with Gasteiger partial charge in [-0.1, -0.05) is 5.92 Å². The van der Waals surface area contributed by atoms with Crippen molar-refractivity contribution >= 4 is 0 Å². The van der Waals surface area contributed by atoms with Crippen LogP contribution < -0.4 is 5.32 Å². The largest absolute Gasteiger partial charge is 0.306 e. The first-order valence-corrected chi connectivity index (χ1v) is 6.19. The Hall–Kier alpha value is -0.560. The minimum absolute atomic E-state index is 0.594. The number of rotatable bonds is 5. The standard InChI is InChI=1S/C13H25N3/c1-5-8-14-11-12(2)16-9-6-13(7-10-16)15(3)4/h1,12-14H,6-11H2,2-4H3. The third-order valence-electron chi connectivity index (χ3n) is 3.52. The average molecular weight is 223 g/mol. The van der Waals surface area contributed by atoms with Gasteiger partial charge in [0.15, 0.2) is 0 Å². The van der Waals surface area contributed by atoms with E-state index >= 15 is 0 Å². The van der Waals surface area contributed by atoms with Crippen molar-refractivity contribution in [3.63, 3.8) is 0 Å². The lowest BCUT2D eigenvalue weighted by atomic mass is 10.0. The molecule has 1 rings (SSSR count). The predicted molar refractivity (Wildman–Crippen MR) is 69.4 cm³/mol. The van der Waals surface area contributed by atoms with E-state index in [4.69, 9.17) is 6.42 Å². The van der Waals surface area contributed by atoms with Crippen LogP contribution in [0.15, 0.2) is 0 Å². The Bertz CT molecular complexity index is 224. The van der Waals surface area contributed by atoms with Gasteiger partial charge in [-0.3, -0.25) is 4.90 Å². The van der Waals surface area contributed by atoms with Crippen LogP contribution in [0.25, 0.3) is 0 Å². The molecule has 1 fully saturated rings. The molecule has 0 saturated carbocycles. The lowest BCUT2D eigenvalue weighted by Crippen LogP contribution is -2.48. The lowest BCUT2D eigenvalue weighted by Gasteiger charge is -2.38. The predicted octanol–water partition coefficient (Wildman–Crippen LogP) is 0.624. The van der Waals surface area contributed by atoms with Crippen molar-refractivity contribution in [2.24, 2.45) is 0 Å². The fraction of sp³-hybridized carbons (Fsp3) is 0.846. The van der Waals surface area contributed by atoms with Crippen LogP contribution in [0.2, 0.25) is 0 Å². The molecular formula is C13H25N3. The van der Waals surface area contributed by atoms with Crippen LogP contribution in [0, 0.1) is 12.3 Å². The van der Waals surface area contributed by atoms with Crippen LogP contribution in [0.1, 0.15) is 19.8 Å². The average Bonchev–Trinajstić information content (AvgIpc) is 2.29. The molecule has 1 atom stereocenters. The first-order valence-electron chi connectivity index (χ1n) is 6.19. The van der Waals surface area contributed by atoms with Crippen LogP contribution in [0.3, 0.4) is 0 Å². The molecule has 1 aliphatic rings. The number of hydrogen-bond acceptors (Lipinski definition) is 3. The Labute approximate surface area is 100 Å². The van der Waals surface area contributed by atoms with Crippen molar-refractivity contribution in [2.75, 3.05) is 40.3 Å². The maximum Gasteiger partial charge on any atom is 0.0574 e. The number of hydrogen-bond donors (Lipinski definition) is 1. The van der Waals surface area contributed by atoms with Crippen LogP contribution in [0.5, 0.6) is 0 Å². The smallest absolute Gasteiger partial charge is 0.0574 e. The van der Waals surface area contributed by atoms with Crippen molar-refractivity contribution in [3.8, 4) is 12.3 Å². The molecule has 1 heterocycles. The van der Waals surface area contributed by atoms with E-state index in [1.807, 2.05) is 0 Å². The van der Waals surface area contributed by atoms with Crippen LogP contribution in [-0.4, -0.2) is 62.2 Å². The van der Waals surface area contributed by atoms with E-state index < -0.39 is 0 Å². The zero-order valence-electron chi connectivity index (χ0n) is 10.9. The highest BCUT2D eigenvalue weighted by atomic mass is 15.2. The van der Waals surface area contributed by atoms with Crippen molar-refractivity contribution in [1.29, 1.82) is 0 Å². The minimum Gasteiger partial charge on any atom is -0.306 e. The number of piperidine rings is 1. The minimum atomic E-state index is 0.594. The molecule has 1 N–H and O–H groups in total. The highest BCUT2D eigenvalue weighted by molar-refractivity contribution is 4.87. The summed E-state index contributed by atoms with van der Waals surface area (Å²) < 4.78 is 0. The zero-order chi connectivity index (χ0) is 12.0. The van der Waals surface area contributed by atoms with E-state index in [0.717, 1.165) is 12.6 Å². The van der Waals surface area contributed by atoms with Gasteiger partial charge in [0.1, 0.15) is 0 Å². The fourth-order valence-electron chi connectivity index (χ4n) is 2.33. The maximum absolute atomic E-state index is 5.21. The van der Waals surface area contributed by atoms with E-state index in [-0.39, 0.29) is 0 Å². The summed E-state index contributed by atoms with van der Waals surface area (Å²) in [5, 5.41) is 3.28. The summed E-state index contributed by atoms with van der Waals surface area (Å²) in [6, 6.07) is 1.36. The SMILES string of the molecule is C#CCNCC(C)N1CCC(N(C)C)CC1. The summed E-state index contributed by atoms with van der Waals surface area (Å²) in [6.07, 6.45) is 7.78. The second kappa shape index (κ2) is 6.90. The molecule has 0 aromatic carbocycles. The van der Waals surface area contributed by atoms with Gasteiger partial charge in [0.05, 0.1) is 6.54 Å². The van der Waals surface area contributed by atoms with Gasteiger partial charge in [-0.2, -0.15) is 0 Å². The Morgan fingerprint density at radius 3 is 2.56 bits per heavy atom. The Kier molecular flexibility index (Phi) is 5.83. The molecule has 16 heavy (non-hydrogen) atoms. The summed E-state index contributed by atoms with van der Waals surface area (Å²) in [7, 11) is 4.36. The van der Waals surface area contributed by atoms with Crippen molar-refractivity contribution in [3.05, 3.63) is 0 Å². The van der Waals surface area contributed by atoms with Crippen LogP contribution in [-0.2, 0) is 0 Å².